The van der Waals surface area contributed by atoms with Gasteiger partial charge in [-0.1, -0.05) is 42.5 Å². The largest absolute Gasteiger partial charge is 0.474 e. The maximum Gasteiger partial charge on any atom is 0.269 e. The Balaban J connectivity index is 1.44. The van der Waals surface area contributed by atoms with Crippen molar-refractivity contribution in [2.75, 3.05) is 19.4 Å². The molecule has 0 aliphatic carbocycles. The second-order valence-corrected chi connectivity index (χ2v) is 12.9. The van der Waals surface area contributed by atoms with E-state index >= 15 is 4.39 Å². The number of carbonyl (C=O) groups is 2. The number of aryl methyl sites for hydroxylation is 1. The SMILES string of the molecule is CC1CCn2nc(-c3ccc(S(=O)(=O)N(C)C)cc3F)c(C(=O)NC3N=C(c4ccccc4)c4cccc(F)c4NC3=O)c2O1. The van der Waals surface area contributed by atoms with Crippen LogP contribution in [0.2, 0.25) is 0 Å². The summed E-state index contributed by atoms with van der Waals surface area (Å²) in [4.78, 5) is 31.7. The molecule has 2 aliphatic heterocycles. The minimum absolute atomic E-state index is 0.0567. The number of aromatic nitrogens is 2. The molecule has 2 amide bonds. The topological polar surface area (TPSA) is 135 Å². The summed E-state index contributed by atoms with van der Waals surface area (Å²) >= 11 is 0. The highest BCUT2D eigenvalue weighted by atomic mass is 32.2. The summed E-state index contributed by atoms with van der Waals surface area (Å²) in [6.45, 7) is 2.17. The van der Waals surface area contributed by atoms with E-state index in [0.717, 1.165) is 10.4 Å². The number of fused-ring (bicyclic) bond motifs is 2. The van der Waals surface area contributed by atoms with Crippen LogP contribution in [0, 0.1) is 11.6 Å². The molecule has 2 atom stereocenters. The van der Waals surface area contributed by atoms with Crippen molar-refractivity contribution in [1.29, 1.82) is 0 Å². The van der Waals surface area contributed by atoms with E-state index in [2.05, 4.69) is 20.7 Å². The smallest absolute Gasteiger partial charge is 0.269 e. The summed E-state index contributed by atoms with van der Waals surface area (Å²) in [5.74, 6) is -3.21. The highest BCUT2D eigenvalue weighted by Gasteiger charge is 2.35. The molecule has 45 heavy (non-hydrogen) atoms. The molecular formula is C31H28F2N6O5S. The van der Waals surface area contributed by atoms with Crippen LogP contribution in [-0.2, 0) is 21.4 Å². The van der Waals surface area contributed by atoms with Crippen molar-refractivity contribution < 1.29 is 31.5 Å². The summed E-state index contributed by atoms with van der Waals surface area (Å²) in [5.41, 5.74) is 0.651. The molecule has 11 nitrogen and oxygen atoms in total. The molecule has 3 aromatic carbocycles. The van der Waals surface area contributed by atoms with Crippen LogP contribution in [0.4, 0.5) is 14.5 Å². The zero-order valence-electron chi connectivity index (χ0n) is 24.4. The Morgan fingerprint density at radius 2 is 1.80 bits per heavy atom. The molecule has 0 saturated carbocycles. The maximum absolute atomic E-state index is 15.6. The van der Waals surface area contributed by atoms with E-state index in [4.69, 9.17) is 4.74 Å². The molecule has 14 heteroatoms. The first-order valence-electron chi connectivity index (χ1n) is 14.0. The molecule has 0 saturated heterocycles. The van der Waals surface area contributed by atoms with Gasteiger partial charge in [0.1, 0.15) is 22.9 Å². The van der Waals surface area contributed by atoms with E-state index in [1.165, 1.54) is 43.0 Å². The van der Waals surface area contributed by atoms with Crippen LogP contribution in [0.1, 0.15) is 34.8 Å². The minimum Gasteiger partial charge on any atom is -0.474 e. The molecular weight excluding hydrogens is 606 g/mol. The first kappa shape index (κ1) is 30.1. The summed E-state index contributed by atoms with van der Waals surface area (Å²) < 4.78 is 64.0. The van der Waals surface area contributed by atoms with Gasteiger partial charge in [0, 0.05) is 43.8 Å². The van der Waals surface area contributed by atoms with Gasteiger partial charge in [0.15, 0.2) is 0 Å². The average molecular weight is 635 g/mol. The van der Waals surface area contributed by atoms with Crippen LogP contribution in [0.5, 0.6) is 5.88 Å². The molecule has 6 rings (SSSR count). The number of ether oxygens (including phenoxy) is 1. The van der Waals surface area contributed by atoms with Crippen molar-refractivity contribution in [2.24, 2.45) is 4.99 Å². The van der Waals surface area contributed by atoms with E-state index in [1.54, 1.807) is 43.3 Å². The van der Waals surface area contributed by atoms with Crippen LogP contribution < -0.4 is 15.4 Å². The van der Waals surface area contributed by atoms with Gasteiger partial charge in [-0.05, 0) is 31.2 Å². The van der Waals surface area contributed by atoms with Crippen molar-refractivity contribution in [3.8, 4) is 17.1 Å². The quantitative estimate of drug-likeness (QED) is 0.332. The van der Waals surface area contributed by atoms with Crippen molar-refractivity contribution >= 4 is 33.2 Å². The molecule has 2 aliphatic rings. The maximum atomic E-state index is 15.6. The summed E-state index contributed by atoms with van der Waals surface area (Å²) in [7, 11) is -1.28. The van der Waals surface area contributed by atoms with Crippen molar-refractivity contribution in [2.45, 2.75) is 37.1 Å². The lowest BCUT2D eigenvalue weighted by atomic mass is 10.0. The van der Waals surface area contributed by atoms with Crippen molar-refractivity contribution in [3.63, 3.8) is 0 Å². The predicted molar refractivity (Wildman–Crippen MR) is 162 cm³/mol. The summed E-state index contributed by atoms with van der Waals surface area (Å²) in [5, 5.41) is 9.57. The number of amides is 2. The Morgan fingerprint density at radius 1 is 1.04 bits per heavy atom. The fourth-order valence-corrected chi connectivity index (χ4v) is 6.06. The van der Waals surface area contributed by atoms with E-state index in [-0.39, 0.29) is 45.1 Å². The third-order valence-corrected chi connectivity index (χ3v) is 9.32. The number of nitrogens with zero attached hydrogens (tertiary/aromatic N) is 4. The average Bonchev–Trinajstić information content (AvgIpc) is 3.31. The highest BCUT2D eigenvalue weighted by molar-refractivity contribution is 7.89. The Labute approximate surface area is 257 Å². The van der Waals surface area contributed by atoms with Gasteiger partial charge in [-0.2, -0.15) is 5.10 Å². The van der Waals surface area contributed by atoms with E-state index < -0.39 is 39.6 Å². The Kier molecular flexibility index (Phi) is 7.70. The normalized spacial score (nSPS) is 17.8. The van der Waals surface area contributed by atoms with Gasteiger partial charge < -0.3 is 15.4 Å². The predicted octanol–water partition coefficient (Wildman–Crippen LogP) is 3.80. The second-order valence-electron chi connectivity index (χ2n) is 10.8. The fourth-order valence-electron chi connectivity index (χ4n) is 5.14. The molecule has 0 spiro atoms. The van der Waals surface area contributed by atoms with E-state index in [9.17, 15) is 22.4 Å². The van der Waals surface area contributed by atoms with E-state index in [1.807, 2.05) is 0 Å². The number of rotatable bonds is 6. The number of benzodiazepines with no additional fused rings is 1. The number of anilines is 1. The molecule has 1 aromatic heterocycles. The number of hydrogen-bond acceptors (Lipinski definition) is 7. The van der Waals surface area contributed by atoms with Crippen LogP contribution in [0.25, 0.3) is 11.3 Å². The third-order valence-electron chi connectivity index (χ3n) is 7.51. The fraction of sp³-hybridized carbons (Fsp3) is 0.226. The number of para-hydroxylation sites is 1. The molecule has 0 radical (unpaired) electrons. The number of benzene rings is 3. The number of aliphatic imine (C=N–C) groups is 1. The van der Waals surface area contributed by atoms with Crippen molar-refractivity contribution in [1.82, 2.24) is 19.4 Å². The summed E-state index contributed by atoms with van der Waals surface area (Å²) in [6, 6.07) is 16.4. The lowest BCUT2D eigenvalue weighted by Gasteiger charge is -2.22. The molecule has 4 aromatic rings. The van der Waals surface area contributed by atoms with Gasteiger partial charge in [0.2, 0.25) is 22.1 Å². The first-order chi connectivity index (χ1) is 21.5. The van der Waals surface area contributed by atoms with Gasteiger partial charge in [-0.25, -0.2) is 31.2 Å². The lowest BCUT2D eigenvalue weighted by molar-refractivity contribution is -0.117. The van der Waals surface area contributed by atoms with Gasteiger partial charge in [0.25, 0.3) is 11.8 Å². The molecule has 2 N–H and O–H groups in total. The van der Waals surface area contributed by atoms with Gasteiger partial charge >= 0.3 is 0 Å². The third kappa shape index (κ3) is 5.46. The van der Waals surface area contributed by atoms with E-state index in [0.29, 0.717) is 24.1 Å². The van der Waals surface area contributed by atoms with Crippen LogP contribution in [0.15, 0.2) is 76.6 Å². The lowest BCUT2D eigenvalue weighted by Crippen LogP contribution is -2.42. The van der Waals surface area contributed by atoms with Gasteiger partial charge in [-0.15, -0.1) is 0 Å². The zero-order chi connectivity index (χ0) is 32.0. The molecule has 0 bridgehead atoms. The standard InChI is InChI=1S/C31H28F2N6O5S/c1-17-14-15-39-31(44-17)24(27(37-39)20-13-12-19(16-23(20)33)45(42,43)38(2)3)29(40)36-28-30(41)35-26-21(10-7-11-22(26)32)25(34-28)18-8-5-4-6-9-18/h4-13,16-17,28H,14-15H2,1-3H3,(H,35,41)(H,36,40). The Hall–Kier alpha value is -4.95. The number of carbonyl (C=O) groups excluding carboxylic acids is 2. The molecule has 0 fully saturated rings. The number of halogens is 2. The van der Waals surface area contributed by atoms with Gasteiger partial charge in [-0.3, -0.25) is 9.59 Å². The van der Waals surface area contributed by atoms with Gasteiger partial charge in [0.05, 0.1) is 22.4 Å². The van der Waals surface area contributed by atoms with Crippen LogP contribution in [0.3, 0.4) is 0 Å². The number of nitrogens with one attached hydrogen (secondary N) is 2. The Morgan fingerprint density at radius 3 is 2.51 bits per heavy atom. The molecule has 2 unspecified atom stereocenters. The second kappa shape index (κ2) is 11.5. The zero-order valence-corrected chi connectivity index (χ0v) is 25.2. The van der Waals surface area contributed by atoms with Crippen molar-refractivity contribution in [3.05, 3.63) is 95.1 Å². The molecule has 3 heterocycles. The molecule has 232 valence electrons. The number of hydrogen-bond donors (Lipinski definition) is 2. The van der Waals surface area contributed by atoms with Crippen LogP contribution >= 0.6 is 0 Å². The Bertz CT molecular complexity index is 1980. The first-order valence-corrected chi connectivity index (χ1v) is 15.4. The van der Waals surface area contributed by atoms with Crippen LogP contribution in [-0.4, -0.2) is 66.4 Å². The number of sulfonamides is 1. The minimum atomic E-state index is -3.94. The monoisotopic (exact) mass is 634 g/mol. The highest BCUT2D eigenvalue weighted by Crippen LogP contribution is 2.36. The summed E-state index contributed by atoms with van der Waals surface area (Å²) in [6.07, 6.45) is -1.26.